The maximum absolute atomic E-state index is 13.5. The Morgan fingerprint density at radius 1 is 1.04 bits per heavy atom. The molecule has 0 aliphatic carbocycles. The number of benzene rings is 2. The van der Waals surface area contributed by atoms with Gasteiger partial charge in [0.1, 0.15) is 18.7 Å². The number of piperidine rings is 1. The number of aryl methyl sites for hydroxylation is 1. The van der Waals surface area contributed by atoms with Gasteiger partial charge in [-0.3, -0.25) is 4.98 Å². The maximum Gasteiger partial charge on any atom is 0.410 e. The van der Waals surface area contributed by atoms with Gasteiger partial charge >= 0.3 is 6.09 Å². The number of pyridine rings is 1. The molecule has 2 aliphatic rings. The number of hydrogen-bond acceptors (Lipinski definition) is 10. The molecule has 6 rings (SSSR count). The van der Waals surface area contributed by atoms with Crippen molar-refractivity contribution in [2.45, 2.75) is 45.1 Å². The smallest absolute Gasteiger partial charge is 0.410 e. The standard InChI is InChI=1S/C34H41BrN7O4P/c1-5-22-18-27(30(45-2)19-29(22)41-15-12-23(13-16-41)42-14-8-9-17-46-34(42)43)39-33-37-20-25(35)32(40-33)38-28-21-36-26-11-7-6-10-24(26)31(28)47(3,4)44/h6-7,10-11,18-21,23H,5,8-9,12-17H2,1-4H3,(H2,37,38,39,40). The number of para-hydroxylation sites is 1. The van der Waals surface area contributed by atoms with Crippen LogP contribution in [0.3, 0.4) is 0 Å². The fourth-order valence-corrected chi connectivity index (χ4v) is 8.24. The van der Waals surface area contributed by atoms with Gasteiger partial charge in [-0.1, -0.05) is 25.1 Å². The van der Waals surface area contributed by atoms with Gasteiger partial charge in [0.05, 0.1) is 41.3 Å². The predicted molar refractivity (Wildman–Crippen MR) is 192 cm³/mol. The van der Waals surface area contributed by atoms with E-state index in [9.17, 15) is 9.36 Å². The molecular formula is C34H41BrN7O4P. The highest BCUT2D eigenvalue weighted by Gasteiger charge is 2.31. The van der Waals surface area contributed by atoms with Crippen LogP contribution in [0.25, 0.3) is 10.9 Å². The molecule has 2 N–H and O–H groups in total. The van der Waals surface area contributed by atoms with Gasteiger partial charge in [0.2, 0.25) is 5.95 Å². The lowest BCUT2D eigenvalue weighted by Gasteiger charge is -2.39. The van der Waals surface area contributed by atoms with Gasteiger partial charge in [-0.05, 0) is 79.1 Å². The number of cyclic esters (lactones) is 1. The summed E-state index contributed by atoms with van der Waals surface area (Å²) in [5.41, 5.74) is 4.47. The fourth-order valence-electron chi connectivity index (χ4n) is 6.49. The Balaban J connectivity index is 1.23. The molecule has 2 aromatic carbocycles. The third-order valence-electron chi connectivity index (χ3n) is 8.81. The Labute approximate surface area is 284 Å². The van der Waals surface area contributed by atoms with Crippen LogP contribution in [0.15, 0.2) is 53.3 Å². The average Bonchev–Trinajstić information content (AvgIpc) is 3.29. The number of fused-ring (bicyclic) bond motifs is 1. The van der Waals surface area contributed by atoms with Crippen LogP contribution >= 0.6 is 23.1 Å². The summed E-state index contributed by atoms with van der Waals surface area (Å²) in [5.74, 6) is 1.56. The number of ether oxygens (including phenoxy) is 2. The first-order valence-corrected chi connectivity index (χ1v) is 19.4. The van der Waals surface area contributed by atoms with Crippen molar-refractivity contribution in [2.75, 3.05) is 62.2 Å². The highest BCUT2D eigenvalue weighted by molar-refractivity contribution is 9.10. The van der Waals surface area contributed by atoms with Gasteiger partial charge in [0.25, 0.3) is 0 Å². The van der Waals surface area contributed by atoms with Gasteiger partial charge in [-0.25, -0.2) is 9.78 Å². The van der Waals surface area contributed by atoms with Crippen LogP contribution in [-0.4, -0.2) is 78.7 Å². The molecule has 2 saturated heterocycles. The third kappa shape index (κ3) is 7.18. The summed E-state index contributed by atoms with van der Waals surface area (Å²) in [6.07, 6.45) is 7.72. The molecule has 2 aromatic heterocycles. The van der Waals surface area contributed by atoms with E-state index >= 15 is 0 Å². The van der Waals surface area contributed by atoms with Crippen LogP contribution in [0, 0.1) is 0 Å². The molecule has 4 aromatic rings. The summed E-state index contributed by atoms with van der Waals surface area (Å²) in [6.45, 7) is 8.64. The molecule has 11 nitrogen and oxygen atoms in total. The molecule has 0 unspecified atom stereocenters. The van der Waals surface area contributed by atoms with Crippen molar-refractivity contribution in [2.24, 2.45) is 0 Å². The highest BCUT2D eigenvalue weighted by Crippen LogP contribution is 2.42. The molecule has 248 valence electrons. The molecule has 0 spiro atoms. The number of halogens is 1. The summed E-state index contributed by atoms with van der Waals surface area (Å²) in [5, 5.41) is 8.29. The first-order valence-electron chi connectivity index (χ1n) is 16.1. The van der Waals surface area contributed by atoms with Crippen LogP contribution in [0.5, 0.6) is 5.75 Å². The minimum atomic E-state index is -2.69. The number of anilines is 5. The van der Waals surface area contributed by atoms with Crippen LogP contribution in [-0.2, 0) is 15.7 Å². The Bertz CT molecular complexity index is 1830. The number of methoxy groups -OCH3 is 1. The van der Waals surface area contributed by atoms with E-state index in [0.29, 0.717) is 34.3 Å². The second kappa shape index (κ2) is 14.1. The molecule has 2 aliphatic heterocycles. The number of aromatic nitrogens is 3. The summed E-state index contributed by atoms with van der Waals surface area (Å²) >= 11 is 3.58. The summed E-state index contributed by atoms with van der Waals surface area (Å²) in [4.78, 5) is 30.7. The molecule has 0 bridgehead atoms. The largest absolute Gasteiger partial charge is 0.494 e. The molecule has 0 radical (unpaired) electrons. The Morgan fingerprint density at radius 3 is 2.57 bits per heavy atom. The second-order valence-corrected chi connectivity index (χ2v) is 16.3. The van der Waals surface area contributed by atoms with E-state index in [4.69, 9.17) is 14.5 Å². The monoisotopic (exact) mass is 721 g/mol. The van der Waals surface area contributed by atoms with Crippen LogP contribution in [0.1, 0.15) is 38.2 Å². The number of amides is 1. The van der Waals surface area contributed by atoms with Crippen molar-refractivity contribution >= 4 is 74.2 Å². The fraction of sp³-hybridized carbons (Fsp3) is 0.412. The van der Waals surface area contributed by atoms with Crippen molar-refractivity contribution in [3.8, 4) is 5.75 Å². The SMILES string of the molecule is CCc1cc(Nc2ncc(Br)c(Nc3cnc4ccccc4c3P(C)(C)=O)n2)c(OC)cc1N1CCC(N2CCCCOC2=O)CC1. The van der Waals surface area contributed by atoms with E-state index in [2.05, 4.69) is 60.5 Å². The Kier molecular flexibility index (Phi) is 9.89. The third-order valence-corrected chi connectivity index (χ3v) is 10.9. The second-order valence-electron chi connectivity index (χ2n) is 12.3. The van der Waals surface area contributed by atoms with E-state index < -0.39 is 7.14 Å². The van der Waals surface area contributed by atoms with Crippen molar-refractivity contribution in [1.29, 1.82) is 0 Å². The Hall–Kier alpha value is -3.89. The summed E-state index contributed by atoms with van der Waals surface area (Å²) in [7, 11) is -1.03. The highest BCUT2D eigenvalue weighted by atomic mass is 79.9. The molecule has 0 atom stereocenters. The number of rotatable bonds is 9. The van der Waals surface area contributed by atoms with Gasteiger partial charge in [-0.15, -0.1) is 0 Å². The topological polar surface area (TPSA) is 122 Å². The number of carbonyl (C=O) groups excluding carboxylic acids is 1. The lowest BCUT2D eigenvalue weighted by Crippen LogP contribution is -2.47. The van der Waals surface area contributed by atoms with E-state index in [0.717, 1.165) is 79.3 Å². The number of carbonyl (C=O) groups is 1. The van der Waals surface area contributed by atoms with Gasteiger partial charge in [0.15, 0.2) is 0 Å². The first kappa shape index (κ1) is 33.0. The molecule has 13 heteroatoms. The van der Waals surface area contributed by atoms with Crippen molar-refractivity contribution in [3.05, 3.63) is 58.8 Å². The predicted octanol–water partition coefficient (Wildman–Crippen LogP) is 7.29. The normalized spacial score (nSPS) is 16.1. The zero-order chi connectivity index (χ0) is 33.1. The molecule has 1 amide bonds. The molecule has 47 heavy (non-hydrogen) atoms. The Morgan fingerprint density at radius 2 is 1.83 bits per heavy atom. The zero-order valence-electron chi connectivity index (χ0n) is 27.3. The molecule has 0 saturated carbocycles. The van der Waals surface area contributed by atoms with Gasteiger partial charge in [0, 0.05) is 54.3 Å². The number of nitrogens with one attached hydrogen (secondary N) is 2. The molecule has 2 fully saturated rings. The van der Waals surface area contributed by atoms with E-state index in [1.54, 1.807) is 32.8 Å². The lowest BCUT2D eigenvalue weighted by molar-refractivity contribution is 0.0946. The molecular weight excluding hydrogens is 681 g/mol. The quantitative estimate of drug-likeness (QED) is 0.170. The zero-order valence-corrected chi connectivity index (χ0v) is 29.7. The van der Waals surface area contributed by atoms with Crippen molar-refractivity contribution in [1.82, 2.24) is 19.9 Å². The van der Waals surface area contributed by atoms with Crippen LogP contribution in [0.4, 0.5) is 33.6 Å². The van der Waals surface area contributed by atoms with Crippen LogP contribution in [0.2, 0.25) is 0 Å². The number of hydrogen-bond donors (Lipinski definition) is 2. The van der Waals surface area contributed by atoms with Crippen molar-refractivity contribution in [3.63, 3.8) is 0 Å². The number of nitrogens with zero attached hydrogens (tertiary/aromatic N) is 5. The van der Waals surface area contributed by atoms with E-state index in [-0.39, 0.29) is 12.1 Å². The van der Waals surface area contributed by atoms with E-state index in [1.165, 1.54) is 5.56 Å². The molecule has 4 heterocycles. The minimum absolute atomic E-state index is 0.175. The first-order chi connectivity index (χ1) is 22.7. The van der Waals surface area contributed by atoms with Gasteiger partial charge in [-0.2, -0.15) is 4.98 Å². The maximum atomic E-state index is 13.5. The lowest BCUT2D eigenvalue weighted by atomic mass is 10.00. The minimum Gasteiger partial charge on any atom is -0.494 e. The van der Waals surface area contributed by atoms with E-state index in [1.807, 2.05) is 29.2 Å². The van der Waals surface area contributed by atoms with Crippen LogP contribution < -0.4 is 25.6 Å². The average molecular weight is 723 g/mol. The van der Waals surface area contributed by atoms with Gasteiger partial charge < -0.3 is 34.5 Å². The summed E-state index contributed by atoms with van der Waals surface area (Å²) in [6, 6.07) is 12.1. The van der Waals surface area contributed by atoms with Crippen molar-refractivity contribution < 1.29 is 18.8 Å². The summed E-state index contributed by atoms with van der Waals surface area (Å²) < 4.78 is 25.4.